The molecular formula is C30H29BrN6O2S2. The fourth-order valence-electron chi connectivity index (χ4n) is 5.41. The zero-order valence-electron chi connectivity index (χ0n) is 23.1. The van der Waals surface area contributed by atoms with E-state index < -0.39 is 5.92 Å². The average Bonchev–Trinajstić information content (AvgIpc) is 3.37. The van der Waals surface area contributed by atoms with E-state index >= 15 is 0 Å². The second-order valence-electron chi connectivity index (χ2n) is 11.0. The van der Waals surface area contributed by atoms with Crippen LogP contribution in [0.2, 0.25) is 0 Å². The number of amides is 1. The van der Waals surface area contributed by atoms with E-state index in [4.69, 9.17) is 5.73 Å². The molecule has 5 rings (SSSR count). The third-order valence-electron chi connectivity index (χ3n) is 7.26. The second-order valence-corrected chi connectivity index (χ2v) is 14.0. The molecule has 0 saturated carbocycles. The first kappa shape index (κ1) is 29.0. The molecular weight excluding hydrogens is 620 g/mol. The topological polar surface area (TPSA) is 125 Å². The van der Waals surface area contributed by atoms with Crippen molar-refractivity contribution in [3.8, 4) is 6.07 Å². The van der Waals surface area contributed by atoms with Crippen molar-refractivity contribution in [1.82, 2.24) is 10.2 Å². The number of ketones is 1. The van der Waals surface area contributed by atoms with Crippen molar-refractivity contribution in [3.63, 3.8) is 0 Å². The number of halogens is 1. The SMILES string of the molecule is Cc1cccc(C)c1NC(=O)CSc1nnc(N2C(N)=C(C#N)C(c3ccccc3Br)C3=C2CC(C)(C)CC3=O)s1. The van der Waals surface area contributed by atoms with Gasteiger partial charge in [-0.1, -0.05) is 89.3 Å². The number of para-hydroxylation sites is 1. The molecule has 210 valence electrons. The number of nitriles is 1. The van der Waals surface area contributed by atoms with Gasteiger partial charge in [0.25, 0.3) is 0 Å². The van der Waals surface area contributed by atoms with Crippen LogP contribution < -0.4 is 16.0 Å². The Morgan fingerprint density at radius 1 is 1.20 bits per heavy atom. The Morgan fingerprint density at radius 3 is 2.59 bits per heavy atom. The number of nitrogens with zero attached hydrogens (tertiary/aromatic N) is 4. The molecule has 1 aliphatic heterocycles. The summed E-state index contributed by atoms with van der Waals surface area (Å²) < 4.78 is 1.39. The van der Waals surface area contributed by atoms with Crippen LogP contribution in [0.15, 0.2) is 73.9 Å². The first-order valence-electron chi connectivity index (χ1n) is 13.0. The highest BCUT2D eigenvalue weighted by Gasteiger charge is 2.45. The zero-order chi connectivity index (χ0) is 29.5. The smallest absolute Gasteiger partial charge is 0.234 e. The molecule has 1 amide bonds. The number of hydrogen-bond acceptors (Lipinski definition) is 9. The van der Waals surface area contributed by atoms with Crippen molar-refractivity contribution in [2.24, 2.45) is 11.1 Å². The first-order chi connectivity index (χ1) is 19.5. The van der Waals surface area contributed by atoms with Crippen molar-refractivity contribution in [1.29, 1.82) is 5.26 Å². The van der Waals surface area contributed by atoms with Crippen LogP contribution in [-0.4, -0.2) is 27.6 Å². The number of Topliss-reactive ketones (excluding diaryl/α,β-unsaturated/α-hetero) is 1. The quantitative estimate of drug-likeness (QED) is 0.287. The third-order valence-corrected chi connectivity index (χ3v) is 10.0. The molecule has 1 atom stereocenters. The van der Waals surface area contributed by atoms with Crippen molar-refractivity contribution in [2.75, 3.05) is 16.0 Å². The summed E-state index contributed by atoms with van der Waals surface area (Å²) in [5.74, 6) is -0.349. The number of carbonyl (C=O) groups excluding carboxylic acids is 2. The van der Waals surface area contributed by atoms with Crippen LogP contribution in [0, 0.1) is 30.6 Å². The summed E-state index contributed by atoms with van der Waals surface area (Å²) in [5, 5.41) is 22.4. The van der Waals surface area contributed by atoms with Gasteiger partial charge >= 0.3 is 0 Å². The summed E-state index contributed by atoms with van der Waals surface area (Å²) in [4.78, 5) is 28.2. The Bertz CT molecular complexity index is 1650. The Balaban J connectivity index is 1.47. The molecule has 11 heteroatoms. The number of hydrogen-bond donors (Lipinski definition) is 2. The van der Waals surface area contributed by atoms with Crippen molar-refractivity contribution < 1.29 is 9.59 Å². The van der Waals surface area contributed by atoms with E-state index in [9.17, 15) is 14.9 Å². The van der Waals surface area contributed by atoms with E-state index in [1.807, 2.05) is 56.3 Å². The summed E-state index contributed by atoms with van der Waals surface area (Å²) in [6.07, 6.45) is 0.945. The minimum atomic E-state index is -0.583. The standard InChI is InChI=1S/C30H29BrN6O2S2/c1-16-8-7-9-17(2)26(16)34-23(39)15-40-29-36-35-28(41-29)37-21-12-30(3,4)13-22(38)25(21)24(19(14-32)27(37)33)18-10-5-6-11-20(18)31/h5-11,24H,12-13,15,33H2,1-4H3,(H,34,39). The minimum Gasteiger partial charge on any atom is -0.384 e. The molecule has 0 spiro atoms. The predicted octanol–water partition coefficient (Wildman–Crippen LogP) is 6.59. The van der Waals surface area contributed by atoms with E-state index in [1.54, 1.807) is 4.90 Å². The molecule has 8 nitrogen and oxygen atoms in total. The first-order valence-corrected chi connectivity index (χ1v) is 15.6. The average molecular weight is 650 g/mol. The monoisotopic (exact) mass is 648 g/mol. The van der Waals surface area contributed by atoms with Crippen LogP contribution in [0.25, 0.3) is 0 Å². The maximum absolute atomic E-state index is 13.7. The lowest BCUT2D eigenvalue weighted by atomic mass is 9.69. The molecule has 41 heavy (non-hydrogen) atoms. The number of carbonyl (C=O) groups is 2. The van der Waals surface area contributed by atoms with E-state index in [2.05, 4.69) is 51.4 Å². The van der Waals surface area contributed by atoms with Gasteiger partial charge in [0.05, 0.1) is 23.3 Å². The van der Waals surface area contributed by atoms with Gasteiger partial charge in [0, 0.05) is 27.9 Å². The van der Waals surface area contributed by atoms with E-state index in [-0.39, 0.29) is 28.7 Å². The van der Waals surface area contributed by atoms with Gasteiger partial charge in [-0.05, 0) is 48.4 Å². The van der Waals surface area contributed by atoms with Gasteiger partial charge in [-0.25, -0.2) is 0 Å². The molecule has 3 N–H and O–H groups in total. The number of benzene rings is 2. The summed E-state index contributed by atoms with van der Waals surface area (Å²) in [7, 11) is 0. The summed E-state index contributed by atoms with van der Waals surface area (Å²) in [5.41, 5.74) is 11.6. The Morgan fingerprint density at radius 2 is 1.90 bits per heavy atom. The lowest BCUT2D eigenvalue weighted by Gasteiger charge is -2.42. The zero-order valence-corrected chi connectivity index (χ0v) is 26.3. The molecule has 3 aromatic rings. The molecule has 0 radical (unpaired) electrons. The predicted molar refractivity (Wildman–Crippen MR) is 166 cm³/mol. The van der Waals surface area contributed by atoms with Gasteiger partial charge in [-0.15, -0.1) is 10.2 Å². The molecule has 2 heterocycles. The van der Waals surface area contributed by atoms with Gasteiger partial charge in [0.2, 0.25) is 11.0 Å². The van der Waals surface area contributed by atoms with Crippen LogP contribution >= 0.6 is 39.0 Å². The van der Waals surface area contributed by atoms with Gasteiger partial charge in [0.15, 0.2) is 10.1 Å². The molecule has 0 bridgehead atoms. The van der Waals surface area contributed by atoms with Crippen LogP contribution in [0.3, 0.4) is 0 Å². The Hall–Kier alpha value is -3.46. The number of allylic oxidation sites excluding steroid dienone is 3. The molecule has 1 aromatic heterocycles. The van der Waals surface area contributed by atoms with E-state index in [0.717, 1.165) is 32.5 Å². The number of aromatic nitrogens is 2. The molecule has 0 saturated heterocycles. The number of nitrogens with two attached hydrogens (primary N) is 1. The van der Waals surface area contributed by atoms with Crippen LogP contribution in [0.5, 0.6) is 0 Å². The van der Waals surface area contributed by atoms with Crippen molar-refractivity contribution >= 4 is 61.5 Å². The van der Waals surface area contributed by atoms with Crippen LogP contribution in [0.1, 0.15) is 49.3 Å². The lowest BCUT2D eigenvalue weighted by molar-refractivity contribution is -0.118. The molecule has 1 unspecified atom stereocenters. The van der Waals surface area contributed by atoms with Gasteiger partial charge in [0.1, 0.15) is 5.82 Å². The molecule has 2 aromatic carbocycles. The molecule has 1 aliphatic carbocycles. The number of rotatable bonds is 6. The van der Waals surface area contributed by atoms with E-state index in [0.29, 0.717) is 33.5 Å². The Kier molecular flexibility index (Phi) is 8.10. The highest BCUT2D eigenvalue weighted by Crippen LogP contribution is 2.51. The maximum atomic E-state index is 13.7. The largest absolute Gasteiger partial charge is 0.384 e. The lowest BCUT2D eigenvalue weighted by Crippen LogP contribution is -2.42. The summed E-state index contributed by atoms with van der Waals surface area (Å²) in [6, 6.07) is 15.8. The summed E-state index contributed by atoms with van der Waals surface area (Å²) >= 11 is 6.16. The normalized spacial score (nSPS) is 18.3. The molecule has 0 fully saturated rings. The second kappa shape index (κ2) is 11.4. The van der Waals surface area contributed by atoms with Crippen LogP contribution in [-0.2, 0) is 9.59 Å². The number of thioether (sulfide) groups is 1. The highest BCUT2D eigenvalue weighted by atomic mass is 79.9. The minimum absolute atomic E-state index is 0.00969. The van der Waals surface area contributed by atoms with Crippen LogP contribution in [0.4, 0.5) is 10.8 Å². The maximum Gasteiger partial charge on any atom is 0.234 e. The van der Waals surface area contributed by atoms with Crippen molar-refractivity contribution in [2.45, 2.75) is 50.8 Å². The van der Waals surface area contributed by atoms with Crippen molar-refractivity contribution in [3.05, 3.63) is 86.3 Å². The van der Waals surface area contributed by atoms with Gasteiger partial charge < -0.3 is 11.1 Å². The number of aryl methyl sites for hydroxylation is 2. The third kappa shape index (κ3) is 5.69. The fraction of sp³-hybridized carbons (Fsp3) is 0.300. The Labute approximate surface area is 255 Å². The fourth-order valence-corrected chi connectivity index (χ4v) is 7.61. The molecule has 2 aliphatic rings. The number of anilines is 2. The number of nitrogens with one attached hydrogen (secondary N) is 1. The van der Waals surface area contributed by atoms with Gasteiger partial charge in [-0.2, -0.15) is 5.26 Å². The van der Waals surface area contributed by atoms with E-state index in [1.165, 1.54) is 23.1 Å². The van der Waals surface area contributed by atoms with Gasteiger partial charge in [-0.3, -0.25) is 14.5 Å². The summed E-state index contributed by atoms with van der Waals surface area (Å²) in [6.45, 7) is 8.02. The highest BCUT2D eigenvalue weighted by molar-refractivity contribution is 9.10.